The van der Waals surface area contributed by atoms with Gasteiger partial charge in [0.15, 0.2) is 0 Å². The molecule has 0 radical (unpaired) electrons. The zero-order valence-corrected chi connectivity index (χ0v) is 6.03. The molecule has 0 aliphatic heterocycles. The molecule has 0 heterocycles. The van der Waals surface area contributed by atoms with Gasteiger partial charge in [-0.15, -0.1) is 0 Å². The van der Waals surface area contributed by atoms with E-state index >= 15 is 0 Å². The number of aldehydes is 1. The van der Waals surface area contributed by atoms with Crippen LogP contribution >= 0.6 is 12.6 Å². The second-order valence-corrected chi connectivity index (χ2v) is 2.22. The van der Waals surface area contributed by atoms with Crippen molar-refractivity contribution >= 4 is 26.8 Å². The first-order chi connectivity index (χ1) is 3.85. The molecule has 0 aromatic heterocycles. The molecule has 0 fully saturated rings. The first-order valence-corrected chi connectivity index (χ1v) is 3.52. The topological polar surface area (TPSA) is 17.1 Å². The Bertz CT molecular complexity index is 63.4. The van der Waals surface area contributed by atoms with Gasteiger partial charge in [-0.05, 0) is 11.7 Å². The van der Waals surface area contributed by atoms with Gasteiger partial charge in [0, 0.05) is 6.42 Å². The molecule has 0 saturated carbocycles. The summed E-state index contributed by atoms with van der Waals surface area (Å²) < 4.78 is 0. The van der Waals surface area contributed by atoms with Crippen LogP contribution in [-0.4, -0.2) is 19.9 Å². The monoisotopic (exact) mass is 130 g/mol. The van der Waals surface area contributed by atoms with Crippen LogP contribution in [0.15, 0.2) is 0 Å². The largest absolute Gasteiger partial charge is 0.303 e. The average Bonchev–Trinajstić information content (AvgIpc) is 1.83. The van der Waals surface area contributed by atoms with Crippen molar-refractivity contribution in [3.63, 3.8) is 0 Å². The highest BCUT2D eigenvalue weighted by atomic mass is 32.1. The molecule has 0 saturated heterocycles. The number of hydrogen-bond donors (Lipinski definition) is 1. The van der Waals surface area contributed by atoms with Crippen LogP contribution in [0.2, 0.25) is 6.32 Å². The molecule has 3 heteroatoms. The Morgan fingerprint density at radius 2 is 2.38 bits per heavy atom. The third-order valence-corrected chi connectivity index (χ3v) is 1.78. The number of thiol groups is 1. The molecule has 8 heavy (non-hydrogen) atoms. The van der Waals surface area contributed by atoms with Gasteiger partial charge in [0.1, 0.15) is 14.1 Å². The zero-order chi connectivity index (χ0) is 6.41. The molecular formula is C5H11BOS. The van der Waals surface area contributed by atoms with Crippen molar-refractivity contribution in [3.05, 3.63) is 0 Å². The van der Waals surface area contributed by atoms with Crippen LogP contribution < -0.4 is 0 Å². The molecule has 0 aliphatic carbocycles. The van der Waals surface area contributed by atoms with Crippen LogP contribution in [0.5, 0.6) is 0 Å². The number of rotatable bonds is 4. The fraction of sp³-hybridized carbons (Fsp3) is 0.800. The standard InChI is InChI=1S/C5H11BOS/c6-3-5(4-8)1-2-7/h2,5,8H,1,3-4,6H2. The minimum Gasteiger partial charge on any atom is -0.303 e. The van der Waals surface area contributed by atoms with E-state index in [0.717, 1.165) is 18.4 Å². The van der Waals surface area contributed by atoms with Crippen LogP contribution in [0.25, 0.3) is 0 Å². The van der Waals surface area contributed by atoms with E-state index in [1.807, 2.05) is 0 Å². The molecule has 0 spiro atoms. The van der Waals surface area contributed by atoms with E-state index in [-0.39, 0.29) is 0 Å². The Kier molecular flexibility index (Phi) is 5.28. The molecule has 0 bridgehead atoms. The summed E-state index contributed by atoms with van der Waals surface area (Å²) in [7, 11) is 2.07. The van der Waals surface area contributed by atoms with E-state index in [1.54, 1.807) is 0 Å². The average molecular weight is 130 g/mol. The molecule has 0 aromatic rings. The summed E-state index contributed by atoms with van der Waals surface area (Å²) in [6.07, 6.45) is 2.69. The van der Waals surface area contributed by atoms with Crippen LogP contribution in [0, 0.1) is 5.92 Å². The van der Waals surface area contributed by atoms with Crippen molar-refractivity contribution in [1.29, 1.82) is 0 Å². The molecule has 1 atom stereocenters. The second kappa shape index (κ2) is 5.23. The lowest BCUT2D eigenvalue weighted by atomic mass is 9.91. The molecule has 0 rings (SSSR count). The Morgan fingerprint density at radius 3 is 2.50 bits per heavy atom. The van der Waals surface area contributed by atoms with E-state index < -0.39 is 0 Å². The Hall–Kier alpha value is 0.0849. The van der Waals surface area contributed by atoms with E-state index in [1.165, 1.54) is 0 Å². The van der Waals surface area contributed by atoms with Crippen molar-refractivity contribution in [2.45, 2.75) is 12.7 Å². The van der Waals surface area contributed by atoms with Crippen molar-refractivity contribution in [3.8, 4) is 0 Å². The minimum atomic E-state index is 0.496. The van der Waals surface area contributed by atoms with Crippen LogP contribution in [0.1, 0.15) is 6.42 Å². The normalized spacial score (nSPS) is 13.1. The summed E-state index contributed by atoms with van der Waals surface area (Å²) in [5.41, 5.74) is 0. The van der Waals surface area contributed by atoms with Gasteiger partial charge in [0.2, 0.25) is 0 Å². The molecular weight excluding hydrogens is 119 g/mol. The predicted octanol–water partition coefficient (Wildman–Crippen LogP) is 0.173. The summed E-state index contributed by atoms with van der Waals surface area (Å²) in [6.45, 7) is 0. The SMILES string of the molecule is BCC(CS)CC=O. The van der Waals surface area contributed by atoms with Crippen LogP contribution in [0.4, 0.5) is 0 Å². The summed E-state index contributed by atoms with van der Waals surface area (Å²) in [4.78, 5) is 9.90. The Balaban J connectivity index is 3.20. The summed E-state index contributed by atoms with van der Waals surface area (Å²) in [5, 5.41) is 0. The van der Waals surface area contributed by atoms with Gasteiger partial charge in [0.05, 0.1) is 0 Å². The van der Waals surface area contributed by atoms with Gasteiger partial charge in [-0.1, -0.05) is 6.32 Å². The van der Waals surface area contributed by atoms with Gasteiger partial charge in [-0.25, -0.2) is 0 Å². The predicted molar refractivity (Wildman–Crippen MR) is 41.4 cm³/mol. The highest BCUT2D eigenvalue weighted by molar-refractivity contribution is 7.80. The number of carbonyl (C=O) groups is 1. The highest BCUT2D eigenvalue weighted by Crippen LogP contribution is 2.05. The maximum atomic E-state index is 9.90. The molecule has 0 amide bonds. The highest BCUT2D eigenvalue weighted by Gasteiger charge is 1.99. The summed E-state index contributed by atoms with van der Waals surface area (Å²) >= 11 is 4.07. The maximum absolute atomic E-state index is 9.90. The number of hydrogen-bond acceptors (Lipinski definition) is 2. The van der Waals surface area contributed by atoms with Gasteiger partial charge >= 0.3 is 0 Å². The maximum Gasteiger partial charge on any atom is 0.120 e. The van der Waals surface area contributed by atoms with E-state index in [0.29, 0.717) is 12.3 Å². The second-order valence-electron chi connectivity index (χ2n) is 1.86. The quantitative estimate of drug-likeness (QED) is 0.326. The third kappa shape index (κ3) is 3.13. The summed E-state index contributed by atoms with van der Waals surface area (Å²) in [6, 6.07) is 0. The molecule has 1 unspecified atom stereocenters. The fourth-order valence-electron chi connectivity index (χ4n) is 0.506. The summed E-state index contributed by atoms with van der Waals surface area (Å²) in [5.74, 6) is 1.32. The molecule has 46 valence electrons. The van der Waals surface area contributed by atoms with Crippen molar-refractivity contribution in [1.82, 2.24) is 0 Å². The Morgan fingerprint density at radius 1 is 1.75 bits per heavy atom. The van der Waals surface area contributed by atoms with Crippen LogP contribution in [-0.2, 0) is 4.79 Å². The van der Waals surface area contributed by atoms with Crippen LogP contribution in [0.3, 0.4) is 0 Å². The first-order valence-electron chi connectivity index (χ1n) is 2.89. The molecule has 0 aliphatic rings. The van der Waals surface area contributed by atoms with E-state index in [2.05, 4.69) is 20.5 Å². The fourth-order valence-corrected chi connectivity index (χ4v) is 0.914. The van der Waals surface area contributed by atoms with Crippen molar-refractivity contribution < 1.29 is 4.79 Å². The lowest BCUT2D eigenvalue weighted by molar-refractivity contribution is -0.108. The van der Waals surface area contributed by atoms with Gasteiger partial charge in [0.25, 0.3) is 0 Å². The molecule has 1 nitrogen and oxygen atoms in total. The smallest absolute Gasteiger partial charge is 0.120 e. The minimum absolute atomic E-state index is 0.496. The van der Waals surface area contributed by atoms with E-state index in [4.69, 9.17) is 0 Å². The number of carbonyl (C=O) groups excluding carboxylic acids is 1. The third-order valence-electron chi connectivity index (χ3n) is 1.27. The Labute approximate surface area is 56.7 Å². The first kappa shape index (κ1) is 8.08. The molecule has 0 N–H and O–H groups in total. The van der Waals surface area contributed by atoms with E-state index in [9.17, 15) is 4.79 Å². The lowest BCUT2D eigenvalue weighted by Crippen LogP contribution is -2.01. The van der Waals surface area contributed by atoms with Gasteiger partial charge in [-0.2, -0.15) is 12.6 Å². The van der Waals surface area contributed by atoms with Gasteiger partial charge in [-0.3, -0.25) is 0 Å². The zero-order valence-electron chi connectivity index (χ0n) is 5.13. The van der Waals surface area contributed by atoms with Crippen molar-refractivity contribution in [2.24, 2.45) is 5.92 Å². The van der Waals surface area contributed by atoms with Crippen molar-refractivity contribution in [2.75, 3.05) is 5.75 Å². The molecule has 0 aromatic carbocycles. The lowest BCUT2D eigenvalue weighted by Gasteiger charge is -2.04. The van der Waals surface area contributed by atoms with Gasteiger partial charge < -0.3 is 4.79 Å².